The number of benzene rings is 1. The molecule has 20 heavy (non-hydrogen) atoms. The number of nitrogens with two attached hydrogens (primary N) is 1. The van der Waals surface area contributed by atoms with Gasteiger partial charge < -0.3 is 11.1 Å². The zero-order valence-corrected chi connectivity index (χ0v) is 12.6. The van der Waals surface area contributed by atoms with Crippen LogP contribution in [-0.4, -0.2) is 18.0 Å². The Balaban J connectivity index is 2.05. The average Bonchev–Trinajstić information content (AvgIpc) is 2.52. The number of fused-ring (bicyclic) bond motifs is 1. The van der Waals surface area contributed by atoms with E-state index in [2.05, 4.69) is 43.4 Å². The van der Waals surface area contributed by atoms with E-state index in [0.29, 0.717) is 6.54 Å². The third-order valence-corrected chi connectivity index (χ3v) is 4.85. The molecule has 2 rings (SSSR count). The first kappa shape index (κ1) is 15.0. The highest BCUT2D eigenvalue weighted by Crippen LogP contribution is 2.26. The van der Waals surface area contributed by atoms with Gasteiger partial charge in [-0.2, -0.15) is 0 Å². The summed E-state index contributed by atoms with van der Waals surface area (Å²) < 4.78 is 0. The molecule has 0 heterocycles. The Bertz CT molecular complexity index is 458. The van der Waals surface area contributed by atoms with Crippen LogP contribution in [-0.2, 0) is 17.6 Å². The Morgan fingerprint density at radius 3 is 2.55 bits per heavy atom. The van der Waals surface area contributed by atoms with E-state index in [1.165, 1.54) is 11.1 Å². The smallest absolute Gasteiger partial charge is 0.223 e. The second-order valence-corrected chi connectivity index (χ2v) is 5.89. The fraction of sp³-hybridized carbons (Fsp3) is 0.588. The van der Waals surface area contributed by atoms with Crippen molar-refractivity contribution in [3.8, 4) is 0 Å². The van der Waals surface area contributed by atoms with Gasteiger partial charge in [0.05, 0.1) is 5.54 Å². The lowest BCUT2D eigenvalue weighted by molar-refractivity contribution is -0.127. The molecule has 0 aromatic heterocycles. The highest BCUT2D eigenvalue weighted by atomic mass is 16.2. The molecule has 1 atom stereocenters. The van der Waals surface area contributed by atoms with Gasteiger partial charge in [0.2, 0.25) is 5.91 Å². The fourth-order valence-electron chi connectivity index (χ4n) is 3.05. The van der Waals surface area contributed by atoms with Crippen LogP contribution in [0.5, 0.6) is 0 Å². The van der Waals surface area contributed by atoms with Crippen LogP contribution in [0.2, 0.25) is 0 Å². The molecule has 0 aliphatic heterocycles. The molecule has 3 nitrogen and oxygen atoms in total. The van der Waals surface area contributed by atoms with E-state index in [9.17, 15) is 4.79 Å². The van der Waals surface area contributed by atoms with E-state index < -0.39 is 0 Å². The molecular formula is C17H26N2O. The summed E-state index contributed by atoms with van der Waals surface area (Å²) >= 11 is 0. The molecule has 1 aliphatic carbocycles. The highest BCUT2D eigenvalue weighted by Gasteiger charge is 2.31. The summed E-state index contributed by atoms with van der Waals surface area (Å²) in [6.45, 7) is 4.69. The molecule has 0 bridgehead atoms. The van der Waals surface area contributed by atoms with Gasteiger partial charge in [-0.05, 0) is 43.2 Å². The Morgan fingerprint density at radius 2 is 1.95 bits per heavy atom. The Hall–Kier alpha value is -1.35. The Morgan fingerprint density at radius 1 is 1.30 bits per heavy atom. The van der Waals surface area contributed by atoms with Crippen molar-refractivity contribution in [3.05, 3.63) is 35.4 Å². The van der Waals surface area contributed by atoms with E-state index in [-0.39, 0.29) is 17.4 Å². The zero-order valence-electron chi connectivity index (χ0n) is 12.6. The summed E-state index contributed by atoms with van der Waals surface area (Å²) in [5, 5.41) is 3.22. The first-order valence-corrected chi connectivity index (χ1v) is 7.73. The second-order valence-electron chi connectivity index (χ2n) is 5.89. The second kappa shape index (κ2) is 6.40. The van der Waals surface area contributed by atoms with Crippen LogP contribution >= 0.6 is 0 Å². The third kappa shape index (κ3) is 3.04. The van der Waals surface area contributed by atoms with Crippen LogP contribution in [0.3, 0.4) is 0 Å². The molecular weight excluding hydrogens is 248 g/mol. The van der Waals surface area contributed by atoms with Gasteiger partial charge in [0.1, 0.15) is 0 Å². The molecule has 110 valence electrons. The first-order chi connectivity index (χ1) is 9.64. The topological polar surface area (TPSA) is 55.1 Å². The maximum atomic E-state index is 12.5. The van der Waals surface area contributed by atoms with Crippen molar-refractivity contribution in [2.45, 2.75) is 51.5 Å². The molecule has 0 fully saturated rings. The quantitative estimate of drug-likeness (QED) is 0.866. The first-order valence-electron chi connectivity index (χ1n) is 7.73. The van der Waals surface area contributed by atoms with Gasteiger partial charge in [-0.25, -0.2) is 0 Å². The highest BCUT2D eigenvalue weighted by molar-refractivity contribution is 5.80. The number of carbonyl (C=O) groups is 1. The minimum atomic E-state index is -0.228. The van der Waals surface area contributed by atoms with Crippen molar-refractivity contribution in [2.24, 2.45) is 11.7 Å². The summed E-state index contributed by atoms with van der Waals surface area (Å²) in [5.74, 6) is 0.266. The summed E-state index contributed by atoms with van der Waals surface area (Å²) in [6.07, 6.45) is 4.57. The van der Waals surface area contributed by atoms with Crippen molar-refractivity contribution in [2.75, 3.05) is 6.54 Å². The van der Waals surface area contributed by atoms with Crippen molar-refractivity contribution in [1.29, 1.82) is 0 Å². The molecule has 1 aliphatic rings. The van der Waals surface area contributed by atoms with Crippen LogP contribution in [0.4, 0.5) is 0 Å². The maximum Gasteiger partial charge on any atom is 0.223 e. The number of hydrogen-bond acceptors (Lipinski definition) is 2. The Kier molecular flexibility index (Phi) is 4.81. The number of carbonyl (C=O) groups excluding carboxylic acids is 1. The molecule has 1 aromatic carbocycles. The van der Waals surface area contributed by atoms with Crippen LogP contribution in [0, 0.1) is 5.92 Å². The lowest BCUT2D eigenvalue weighted by Crippen LogP contribution is -2.54. The monoisotopic (exact) mass is 274 g/mol. The molecule has 3 N–H and O–H groups in total. The predicted octanol–water partition coefficient (Wildman–Crippen LogP) is 2.43. The normalized spacial score (nSPS) is 18.4. The standard InChI is InChI=1S/C17H26N2O/c1-3-17(4-2,12-18)19-16(20)15-10-9-13-7-5-6-8-14(13)11-15/h5-8,15H,3-4,9-12,18H2,1-2H3,(H,19,20). The predicted molar refractivity (Wildman–Crippen MR) is 82.5 cm³/mol. The van der Waals surface area contributed by atoms with Gasteiger partial charge >= 0.3 is 0 Å². The van der Waals surface area contributed by atoms with Gasteiger partial charge in [0.15, 0.2) is 0 Å². The van der Waals surface area contributed by atoms with E-state index in [1.54, 1.807) is 0 Å². The van der Waals surface area contributed by atoms with Crippen molar-refractivity contribution >= 4 is 5.91 Å². The molecule has 1 aromatic rings. The fourth-order valence-corrected chi connectivity index (χ4v) is 3.05. The van der Waals surface area contributed by atoms with Gasteiger partial charge in [0, 0.05) is 12.5 Å². The van der Waals surface area contributed by atoms with Gasteiger partial charge in [-0.1, -0.05) is 38.1 Å². The van der Waals surface area contributed by atoms with E-state index >= 15 is 0 Å². The minimum Gasteiger partial charge on any atom is -0.349 e. The average molecular weight is 274 g/mol. The number of hydrogen-bond donors (Lipinski definition) is 2. The maximum absolute atomic E-state index is 12.5. The minimum absolute atomic E-state index is 0.0916. The van der Waals surface area contributed by atoms with Crippen molar-refractivity contribution in [1.82, 2.24) is 5.32 Å². The number of amides is 1. The van der Waals surface area contributed by atoms with Crippen LogP contribution in [0.1, 0.15) is 44.2 Å². The number of nitrogens with one attached hydrogen (secondary N) is 1. The Labute approximate surface area is 121 Å². The van der Waals surface area contributed by atoms with E-state index in [4.69, 9.17) is 5.73 Å². The van der Waals surface area contributed by atoms with Gasteiger partial charge in [-0.15, -0.1) is 0 Å². The summed E-state index contributed by atoms with van der Waals surface area (Å²) in [4.78, 5) is 12.5. The summed E-state index contributed by atoms with van der Waals surface area (Å²) in [6, 6.07) is 8.45. The van der Waals surface area contributed by atoms with Gasteiger partial charge in [0.25, 0.3) is 0 Å². The zero-order chi connectivity index (χ0) is 14.6. The molecule has 1 unspecified atom stereocenters. The molecule has 0 radical (unpaired) electrons. The van der Waals surface area contributed by atoms with Crippen molar-refractivity contribution < 1.29 is 4.79 Å². The summed E-state index contributed by atoms with van der Waals surface area (Å²) in [5.41, 5.74) is 8.36. The van der Waals surface area contributed by atoms with E-state index in [0.717, 1.165) is 32.1 Å². The number of rotatable bonds is 5. The van der Waals surface area contributed by atoms with Crippen molar-refractivity contribution in [3.63, 3.8) is 0 Å². The van der Waals surface area contributed by atoms with Crippen LogP contribution < -0.4 is 11.1 Å². The van der Waals surface area contributed by atoms with E-state index in [1.807, 2.05) is 0 Å². The summed E-state index contributed by atoms with van der Waals surface area (Å²) in [7, 11) is 0. The molecule has 0 spiro atoms. The third-order valence-electron chi connectivity index (χ3n) is 4.85. The lowest BCUT2D eigenvalue weighted by atomic mass is 9.82. The lowest BCUT2D eigenvalue weighted by Gasteiger charge is -2.34. The molecule has 0 saturated carbocycles. The molecule has 1 amide bonds. The van der Waals surface area contributed by atoms with Crippen LogP contribution in [0.15, 0.2) is 24.3 Å². The largest absolute Gasteiger partial charge is 0.349 e. The SMILES string of the molecule is CCC(CC)(CN)NC(=O)C1CCc2ccccc2C1. The van der Waals surface area contributed by atoms with Gasteiger partial charge in [-0.3, -0.25) is 4.79 Å². The number of aryl methyl sites for hydroxylation is 1. The van der Waals surface area contributed by atoms with Crippen LogP contribution in [0.25, 0.3) is 0 Å². The molecule has 0 saturated heterocycles. The molecule has 3 heteroatoms.